The summed E-state index contributed by atoms with van der Waals surface area (Å²) < 4.78 is 14.9. The van der Waals surface area contributed by atoms with E-state index in [0.717, 1.165) is 24.0 Å². The molecule has 1 aliphatic rings. The lowest BCUT2D eigenvalue weighted by atomic mass is 9.97. The average molecular weight is 315 g/mol. The van der Waals surface area contributed by atoms with Crippen molar-refractivity contribution in [1.29, 1.82) is 0 Å². The van der Waals surface area contributed by atoms with Gasteiger partial charge in [0, 0.05) is 29.1 Å². The minimum Gasteiger partial charge on any atom is -0.363 e. The lowest BCUT2D eigenvalue weighted by Gasteiger charge is -2.45. The molecule has 0 aromatic heterocycles. The van der Waals surface area contributed by atoms with Gasteiger partial charge in [0.15, 0.2) is 0 Å². The van der Waals surface area contributed by atoms with Crippen LogP contribution in [0.2, 0.25) is 0 Å². The Morgan fingerprint density at radius 3 is 2.83 bits per heavy atom. The Hall–Kier alpha value is -0.610. The quantitative estimate of drug-likeness (QED) is 0.898. The first-order valence-electron chi connectivity index (χ1n) is 6.39. The number of hydrogen-bond acceptors (Lipinski definition) is 2. The van der Waals surface area contributed by atoms with Crippen LogP contribution in [0.3, 0.4) is 0 Å². The summed E-state index contributed by atoms with van der Waals surface area (Å²) >= 11 is 3.30. The SMILES string of the molecule is CCC1CNC(C)(C)CN1c1ccc(Br)cc1F. The van der Waals surface area contributed by atoms with Gasteiger partial charge in [0.1, 0.15) is 5.82 Å². The minimum atomic E-state index is -0.152. The molecule has 1 aromatic carbocycles. The zero-order valence-electron chi connectivity index (χ0n) is 11.1. The van der Waals surface area contributed by atoms with Crippen molar-refractivity contribution in [3.63, 3.8) is 0 Å². The van der Waals surface area contributed by atoms with Crippen molar-refractivity contribution < 1.29 is 4.39 Å². The molecule has 1 aliphatic heterocycles. The maximum absolute atomic E-state index is 14.1. The van der Waals surface area contributed by atoms with E-state index in [9.17, 15) is 4.39 Å². The highest BCUT2D eigenvalue weighted by atomic mass is 79.9. The van der Waals surface area contributed by atoms with E-state index >= 15 is 0 Å². The second-order valence-electron chi connectivity index (χ2n) is 5.55. The summed E-state index contributed by atoms with van der Waals surface area (Å²) in [5.41, 5.74) is 0.727. The summed E-state index contributed by atoms with van der Waals surface area (Å²) in [5, 5.41) is 3.52. The van der Waals surface area contributed by atoms with Gasteiger partial charge in [0.25, 0.3) is 0 Å². The molecular formula is C14H20BrFN2. The molecule has 1 N–H and O–H groups in total. The summed E-state index contributed by atoms with van der Waals surface area (Å²) in [4.78, 5) is 2.19. The second kappa shape index (κ2) is 5.17. The highest BCUT2D eigenvalue weighted by Gasteiger charge is 2.32. The fourth-order valence-corrected chi connectivity index (χ4v) is 2.81. The molecule has 2 rings (SSSR count). The molecule has 18 heavy (non-hydrogen) atoms. The van der Waals surface area contributed by atoms with Gasteiger partial charge in [-0.3, -0.25) is 0 Å². The molecular weight excluding hydrogens is 295 g/mol. The molecule has 4 heteroatoms. The van der Waals surface area contributed by atoms with E-state index < -0.39 is 0 Å². The lowest BCUT2D eigenvalue weighted by Crippen LogP contribution is -2.61. The van der Waals surface area contributed by atoms with Gasteiger partial charge in [0.2, 0.25) is 0 Å². The molecule has 1 atom stereocenters. The molecule has 0 aliphatic carbocycles. The predicted molar refractivity (Wildman–Crippen MR) is 77.6 cm³/mol. The lowest BCUT2D eigenvalue weighted by molar-refractivity contribution is 0.304. The zero-order valence-corrected chi connectivity index (χ0v) is 12.7. The number of nitrogens with one attached hydrogen (secondary N) is 1. The van der Waals surface area contributed by atoms with Crippen molar-refractivity contribution in [1.82, 2.24) is 5.32 Å². The van der Waals surface area contributed by atoms with Crippen LogP contribution in [0.25, 0.3) is 0 Å². The van der Waals surface area contributed by atoms with Crippen LogP contribution in [0.15, 0.2) is 22.7 Å². The summed E-state index contributed by atoms with van der Waals surface area (Å²) in [6.45, 7) is 8.18. The van der Waals surface area contributed by atoms with Gasteiger partial charge in [-0.1, -0.05) is 22.9 Å². The van der Waals surface area contributed by atoms with Crippen LogP contribution >= 0.6 is 15.9 Å². The Kier molecular flexibility index (Phi) is 3.97. The third-order valence-electron chi connectivity index (χ3n) is 3.51. The van der Waals surface area contributed by atoms with Crippen molar-refractivity contribution in [3.05, 3.63) is 28.5 Å². The Balaban J connectivity index is 2.32. The Morgan fingerprint density at radius 2 is 2.22 bits per heavy atom. The largest absolute Gasteiger partial charge is 0.363 e. The van der Waals surface area contributed by atoms with E-state index in [2.05, 4.69) is 46.9 Å². The number of benzene rings is 1. The van der Waals surface area contributed by atoms with E-state index in [4.69, 9.17) is 0 Å². The fraction of sp³-hybridized carbons (Fsp3) is 0.571. The highest BCUT2D eigenvalue weighted by molar-refractivity contribution is 9.10. The van der Waals surface area contributed by atoms with E-state index in [1.807, 2.05) is 12.1 Å². The molecule has 1 unspecified atom stereocenters. The van der Waals surface area contributed by atoms with Gasteiger partial charge in [-0.25, -0.2) is 4.39 Å². The Bertz CT molecular complexity index is 434. The monoisotopic (exact) mass is 314 g/mol. The first kappa shape index (κ1) is 13.8. The summed E-state index contributed by atoms with van der Waals surface area (Å²) in [6, 6.07) is 5.66. The summed E-state index contributed by atoms with van der Waals surface area (Å²) in [5.74, 6) is -0.152. The standard InChI is InChI=1S/C14H20BrFN2/c1-4-11-8-17-14(2,3)9-18(11)13-6-5-10(15)7-12(13)16/h5-7,11,17H,4,8-9H2,1-3H3. The number of anilines is 1. The molecule has 100 valence electrons. The normalized spacial score (nSPS) is 23.2. The molecule has 0 saturated carbocycles. The van der Waals surface area contributed by atoms with Gasteiger partial charge < -0.3 is 10.2 Å². The molecule has 0 spiro atoms. The van der Waals surface area contributed by atoms with Gasteiger partial charge in [-0.05, 0) is 38.5 Å². The first-order chi connectivity index (χ1) is 8.43. The van der Waals surface area contributed by atoms with Crippen molar-refractivity contribution in [2.24, 2.45) is 0 Å². The van der Waals surface area contributed by atoms with E-state index in [-0.39, 0.29) is 11.4 Å². The van der Waals surface area contributed by atoms with Crippen molar-refractivity contribution in [2.75, 3.05) is 18.0 Å². The van der Waals surface area contributed by atoms with Crippen LogP contribution in [0.1, 0.15) is 27.2 Å². The molecule has 1 fully saturated rings. The van der Waals surface area contributed by atoms with Crippen molar-refractivity contribution >= 4 is 21.6 Å². The molecule has 0 radical (unpaired) electrons. The van der Waals surface area contributed by atoms with Crippen LogP contribution in [0.5, 0.6) is 0 Å². The van der Waals surface area contributed by atoms with Gasteiger partial charge in [-0.2, -0.15) is 0 Å². The topological polar surface area (TPSA) is 15.3 Å². The van der Waals surface area contributed by atoms with Gasteiger partial charge in [-0.15, -0.1) is 0 Å². The number of piperazine rings is 1. The third-order valence-corrected chi connectivity index (χ3v) is 4.01. The Morgan fingerprint density at radius 1 is 1.50 bits per heavy atom. The maximum Gasteiger partial charge on any atom is 0.147 e. The van der Waals surface area contributed by atoms with Gasteiger partial charge in [0.05, 0.1) is 5.69 Å². The molecule has 1 aromatic rings. The van der Waals surface area contributed by atoms with E-state index in [1.165, 1.54) is 6.07 Å². The van der Waals surface area contributed by atoms with Crippen molar-refractivity contribution in [2.45, 2.75) is 38.8 Å². The summed E-state index contributed by atoms with van der Waals surface area (Å²) in [7, 11) is 0. The molecule has 2 nitrogen and oxygen atoms in total. The second-order valence-corrected chi connectivity index (χ2v) is 6.47. The molecule has 1 saturated heterocycles. The highest BCUT2D eigenvalue weighted by Crippen LogP contribution is 2.29. The van der Waals surface area contributed by atoms with Crippen molar-refractivity contribution in [3.8, 4) is 0 Å². The average Bonchev–Trinajstić information content (AvgIpc) is 2.28. The summed E-state index contributed by atoms with van der Waals surface area (Å²) in [6.07, 6.45) is 1.01. The predicted octanol–water partition coefficient (Wildman–Crippen LogP) is 3.56. The number of nitrogens with zero attached hydrogens (tertiary/aromatic N) is 1. The third kappa shape index (κ3) is 2.86. The molecule has 0 bridgehead atoms. The maximum atomic E-state index is 14.1. The molecule has 1 heterocycles. The van der Waals surface area contributed by atoms with Crippen LogP contribution in [0, 0.1) is 5.82 Å². The Labute approximate surface area is 117 Å². The van der Waals surface area contributed by atoms with E-state index in [1.54, 1.807) is 0 Å². The number of rotatable bonds is 2. The first-order valence-corrected chi connectivity index (χ1v) is 7.19. The number of hydrogen-bond donors (Lipinski definition) is 1. The van der Waals surface area contributed by atoms with Crippen LogP contribution < -0.4 is 10.2 Å². The smallest absolute Gasteiger partial charge is 0.147 e. The van der Waals surface area contributed by atoms with Gasteiger partial charge >= 0.3 is 0 Å². The zero-order chi connectivity index (χ0) is 13.3. The van der Waals surface area contributed by atoms with Crippen LogP contribution in [-0.2, 0) is 0 Å². The van der Waals surface area contributed by atoms with E-state index in [0.29, 0.717) is 11.7 Å². The van der Waals surface area contributed by atoms with Crippen LogP contribution in [0.4, 0.5) is 10.1 Å². The van der Waals surface area contributed by atoms with Crippen LogP contribution in [-0.4, -0.2) is 24.7 Å². The minimum absolute atomic E-state index is 0.0190. The fourth-order valence-electron chi connectivity index (χ4n) is 2.48. The molecule has 0 amide bonds. The number of halogens is 2.